The van der Waals surface area contributed by atoms with Crippen molar-refractivity contribution in [3.8, 4) is 0 Å². The molecule has 3 unspecified atom stereocenters. The summed E-state index contributed by atoms with van der Waals surface area (Å²) in [7, 11) is -3.14. The molecule has 2 fully saturated rings. The molecule has 0 bridgehead atoms. The van der Waals surface area contributed by atoms with Gasteiger partial charge in [0.2, 0.25) is 0 Å². The van der Waals surface area contributed by atoms with Crippen LogP contribution in [-0.2, 0) is 14.6 Å². The Balaban J connectivity index is 1.97. The van der Waals surface area contributed by atoms with E-state index in [9.17, 15) is 23.1 Å². The lowest BCUT2D eigenvalue weighted by Crippen LogP contribution is -2.48. The van der Waals surface area contributed by atoms with Gasteiger partial charge < -0.3 is 15.3 Å². The summed E-state index contributed by atoms with van der Waals surface area (Å²) in [6.07, 6.45) is 3.92. The zero-order valence-electron chi connectivity index (χ0n) is 11.4. The van der Waals surface area contributed by atoms with E-state index >= 15 is 0 Å². The fraction of sp³-hybridized carbons (Fsp3) is 0.833. The van der Waals surface area contributed by atoms with Gasteiger partial charge in [-0.2, -0.15) is 0 Å². The van der Waals surface area contributed by atoms with Gasteiger partial charge in [0.05, 0.1) is 5.75 Å². The van der Waals surface area contributed by atoms with Crippen LogP contribution in [0.1, 0.15) is 19.3 Å². The van der Waals surface area contributed by atoms with Gasteiger partial charge in [-0.25, -0.2) is 18.0 Å². The number of carboxylic acid groups (broad SMARTS) is 1. The molecule has 2 N–H and O–H groups in total. The molecule has 1 aliphatic heterocycles. The molecule has 0 aromatic heterocycles. The number of aliphatic carboxylic acids is 1. The van der Waals surface area contributed by atoms with Gasteiger partial charge in [-0.3, -0.25) is 0 Å². The molecule has 0 spiro atoms. The zero-order chi connectivity index (χ0) is 14.9. The van der Waals surface area contributed by atoms with E-state index < -0.39 is 27.9 Å². The van der Waals surface area contributed by atoms with Crippen LogP contribution in [0, 0.1) is 11.8 Å². The van der Waals surface area contributed by atoms with E-state index in [0.29, 0.717) is 6.54 Å². The van der Waals surface area contributed by atoms with Crippen molar-refractivity contribution in [1.82, 2.24) is 10.2 Å². The second kappa shape index (κ2) is 5.59. The average molecular weight is 304 g/mol. The summed E-state index contributed by atoms with van der Waals surface area (Å²) in [5.41, 5.74) is 0. The minimum Gasteiger partial charge on any atom is -0.480 e. The first-order valence-electron chi connectivity index (χ1n) is 6.74. The third-order valence-corrected chi connectivity index (χ3v) is 5.10. The molecule has 1 saturated carbocycles. The highest BCUT2D eigenvalue weighted by Gasteiger charge is 2.49. The monoisotopic (exact) mass is 304 g/mol. The van der Waals surface area contributed by atoms with E-state index in [1.807, 2.05) is 0 Å². The molecular formula is C12H20N2O5S. The number of carbonyl (C=O) groups excluding carboxylic acids is 1. The number of urea groups is 1. The average Bonchev–Trinajstić information content (AvgIpc) is 2.84. The molecule has 2 aliphatic rings. The number of hydrogen-bond acceptors (Lipinski definition) is 4. The molecule has 20 heavy (non-hydrogen) atoms. The van der Waals surface area contributed by atoms with Gasteiger partial charge in [0.1, 0.15) is 15.9 Å². The Morgan fingerprint density at radius 2 is 2.05 bits per heavy atom. The van der Waals surface area contributed by atoms with E-state index in [0.717, 1.165) is 25.5 Å². The van der Waals surface area contributed by atoms with Crippen molar-refractivity contribution in [2.24, 2.45) is 11.8 Å². The molecule has 0 aromatic carbocycles. The molecule has 1 saturated heterocycles. The van der Waals surface area contributed by atoms with Gasteiger partial charge in [-0.15, -0.1) is 0 Å². The van der Waals surface area contributed by atoms with Crippen LogP contribution in [0.25, 0.3) is 0 Å². The highest BCUT2D eigenvalue weighted by molar-refractivity contribution is 7.90. The predicted octanol–water partition coefficient (Wildman–Crippen LogP) is -0.0743. The van der Waals surface area contributed by atoms with Crippen LogP contribution in [0.15, 0.2) is 0 Å². The molecular weight excluding hydrogens is 284 g/mol. The van der Waals surface area contributed by atoms with Crippen LogP contribution >= 0.6 is 0 Å². The van der Waals surface area contributed by atoms with Crippen LogP contribution in [0.4, 0.5) is 4.79 Å². The molecule has 7 nitrogen and oxygen atoms in total. The van der Waals surface area contributed by atoms with Gasteiger partial charge >= 0.3 is 12.0 Å². The summed E-state index contributed by atoms with van der Waals surface area (Å²) >= 11 is 0. The number of carbonyl (C=O) groups is 2. The Morgan fingerprint density at radius 1 is 1.35 bits per heavy atom. The second-order valence-corrected chi connectivity index (χ2v) is 7.91. The zero-order valence-corrected chi connectivity index (χ0v) is 12.2. The van der Waals surface area contributed by atoms with Crippen molar-refractivity contribution in [2.45, 2.75) is 25.3 Å². The number of fused-ring (bicyclic) bond motifs is 1. The number of likely N-dealkylation sites (tertiary alicyclic amines) is 1. The number of nitrogens with one attached hydrogen (secondary N) is 1. The van der Waals surface area contributed by atoms with Gasteiger partial charge in [0, 0.05) is 19.3 Å². The highest BCUT2D eigenvalue weighted by Crippen LogP contribution is 2.42. The van der Waals surface area contributed by atoms with E-state index in [1.165, 1.54) is 4.90 Å². The summed E-state index contributed by atoms with van der Waals surface area (Å²) in [5, 5.41) is 11.8. The summed E-state index contributed by atoms with van der Waals surface area (Å²) < 4.78 is 22.0. The first-order chi connectivity index (χ1) is 9.29. The van der Waals surface area contributed by atoms with E-state index in [1.54, 1.807) is 0 Å². The van der Waals surface area contributed by atoms with Crippen LogP contribution < -0.4 is 5.32 Å². The molecule has 2 amide bonds. The maximum Gasteiger partial charge on any atom is 0.326 e. The molecule has 0 aromatic rings. The molecule has 2 rings (SSSR count). The van der Waals surface area contributed by atoms with E-state index in [2.05, 4.69) is 5.32 Å². The molecule has 114 valence electrons. The number of rotatable bonds is 4. The van der Waals surface area contributed by atoms with Crippen molar-refractivity contribution >= 4 is 21.8 Å². The third-order valence-electron chi connectivity index (χ3n) is 4.15. The van der Waals surface area contributed by atoms with Crippen molar-refractivity contribution in [3.05, 3.63) is 0 Å². The Kier molecular flexibility index (Phi) is 4.22. The predicted molar refractivity (Wildman–Crippen MR) is 72.1 cm³/mol. The maximum atomic E-state index is 12.0. The first-order valence-corrected chi connectivity index (χ1v) is 8.80. The van der Waals surface area contributed by atoms with Crippen molar-refractivity contribution in [2.75, 3.05) is 25.1 Å². The normalized spacial score (nSPS) is 29.2. The lowest BCUT2D eigenvalue weighted by molar-refractivity contribution is -0.142. The molecule has 1 aliphatic carbocycles. The van der Waals surface area contributed by atoms with Crippen molar-refractivity contribution in [3.63, 3.8) is 0 Å². The molecule has 8 heteroatoms. The Labute approximate surface area is 118 Å². The van der Waals surface area contributed by atoms with Crippen molar-refractivity contribution in [1.29, 1.82) is 0 Å². The standard InChI is InChI=1S/C12H20N2O5S/c1-20(18,19)6-5-13-12(17)14-7-8-3-2-4-9(8)10(14)11(15)16/h8-10H,2-7H2,1H3,(H,13,17)(H,15,16). The number of nitrogens with zero attached hydrogens (tertiary/aromatic N) is 1. The van der Waals surface area contributed by atoms with Gasteiger partial charge in [-0.1, -0.05) is 6.42 Å². The highest BCUT2D eigenvalue weighted by atomic mass is 32.2. The number of sulfone groups is 1. The largest absolute Gasteiger partial charge is 0.480 e. The topological polar surface area (TPSA) is 104 Å². The number of hydrogen-bond donors (Lipinski definition) is 2. The lowest BCUT2D eigenvalue weighted by Gasteiger charge is -2.24. The van der Waals surface area contributed by atoms with E-state index in [-0.39, 0.29) is 24.1 Å². The minimum absolute atomic E-state index is 0.00976. The Morgan fingerprint density at radius 3 is 2.65 bits per heavy atom. The number of carboxylic acids is 1. The minimum atomic E-state index is -3.14. The van der Waals surface area contributed by atoms with Crippen LogP contribution in [0.3, 0.4) is 0 Å². The fourth-order valence-electron chi connectivity index (χ4n) is 3.28. The summed E-state index contributed by atoms with van der Waals surface area (Å²) in [5.74, 6) is -0.820. The Bertz CT molecular complexity index is 504. The summed E-state index contributed by atoms with van der Waals surface area (Å²) in [4.78, 5) is 24.8. The molecule has 1 heterocycles. The van der Waals surface area contributed by atoms with Crippen LogP contribution in [-0.4, -0.2) is 61.6 Å². The summed E-state index contributed by atoms with van der Waals surface area (Å²) in [6, 6.07) is -1.25. The van der Waals surface area contributed by atoms with Crippen molar-refractivity contribution < 1.29 is 23.1 Å². The van der Waals surface area contributed by atoms with Crippen LogP contribution in [0.2, 0.25) is 0 Å². The van der Waals surface area contributed by atoms with Gasteiger partial charge in [0.15, 0.2) is 0 Å². The summed E-state index contributed by atoms with van der Waals surface area (Å²) in [6.45, 7) is 0.460. The van der Waals surface area contributed by atoms with Gasteiger partial charge in [-0.05, 0) is 24.7 Å². The lowest BCUT2D eigenvalue weighted by atomic mass is 9.94. The Hall–Kier alpha value is -1.31. The SMILES string of the molecule is CS(=O)(=O)CCNC(=O)N1CC2CCCC2C1C(=O)O. The molecule has 0 radical (unpaired) electrons. The number of amides is 2. The quantitative estimate of drug-likeness (QED) is 0.756. The second-order valence-electron chi connectivity index (χ2n) is 5.65. The fourth-order valence-corrected chi connectivity index (χ4v) is 3.75. The first kappa shape index (κ1) is 15.1. The molecule has 3 atom stereocenters. The van der Waals surface area contributed by atoms with Crippen LogP contribution in [0.5, 0.6) is 0 Å². The van der Waals surface area contributed by atoms with Gasteiger partial charge in [0.25, 0.3) is 0 Å². The smallest absolute Gasteiger partial charge is 0.326 e. The maximum absolute atomic E-state index is 12.0. The third kappa shape index (κ3) is 3.23. The van der Waals surface area contributed by atoms with E-state index in [4.69, 9.17) is 0 Å².